The summed E-state index contributed by atoms with van der Waals surface area (Å²) in [6, 6.07) is 3.23. The Morgan fingerprint density at radius 1 is 1.38 bits per heavy atom. The molecule has 21 heavy (non-hydrogen) atoms. The molecule has 1 fully saturated rings. The van der Waals surface area contributed by atoms with E-state index in [2.05, 4.69) is 0 Å². The second kappa shape index (κ2) is 5.36. The second-order valence-corrected chi connectivity index (χ2v) is 4.60. The van der Waals surface area contributed by atoms with Crippen molar-refractivity contribution in [3.8, 4) is 0 Å². The minimum absolute atomic E-state index is 0.298. The minimum atomic E-state index is -4.65. The summed E-state index contributed by atoms with van der Waals surface area (Å²) in [6.07, 6.45) is -6.20. The smallest absolute Gasteiger partial charge is 0.416 e. The first-order valence-corrected chi connectivity index (χ1v) is 5.99. The monoisotopic (exact) mass is 303 g/mol. The summed E-state index contributed by atoms with van der Waals surface area (Å²) < 4.78 is 44.1. The van der Waals surface area contributed by atoms with E-state index in [0.717, 1.165) is 17.0 Å². The first kappa shape index (κ1) is 15.3. The Balaban J connectivity index is 2.55. The molecule has 0 radical (unpaired) electrons. The van der Waals surface area contributed by atoms with Crippen LogP contribution in [0.1, 0.15) is 17.2 Å². The molecule has 0 aliphatic carbocycles. The molecule has 0 aromatic heterocycles. The number of carboxylic acids is 1. The Hall–Kier alpha value is -2.09. The predicted octanol–water partition coefficient (Wildman–Crippen LogP) is 1.69. The first-order valence-electron chi connectivity index (χ1n) is 5.99. The third-order valence-electron chi connectivity index (χ3n) is 3.31. The number of benzene rings is 1. The molecule has 2 rings (SSSR count). The molecular weight excluding hydrogens is 291 g/mol. The number of likely N-dealkylation sites (N-methyl/N-ethyl adjacent to an activating group) is 1. The fourth-order valence-corrected chi connectivity index (χ4v) is 2.30. The fourth-order valence-electron chi connectivity index (χ4n) is 2.30. The maximum Gasteiger partial charge on any atom is 0.416 e. The Morgan fingerprint density at radius 2 is 2.00 bits per heavy atom. The van der Waals surface area contributed by atoms with E-state index in [1.54, 1.807) is 0 Å². The number of hydrogen-bond acceptors (Lipinski definition) is 3. The van der Waals surface area contributed by atoms with Crippen LogP contribution in [-0.2, 0) is 20.5 Å². The number of nitrogens with zero attached hydrogens (tertiary/aromatic N) is 1. The molecule has 1 amide bonds. The molecule has 2 atom stereocenters. The molecule has 1 aromatic carbocycles. The van der Waals surface area contributed by atoms with Crippen LogP contribution in [0.15, 0.2) is 24.3 Å². The van der Waals surface area contributed by atoms with Crippen LogP contribution in [-0.4, -0.2) is 41.6 Å². The van der Waals surface area contributed by atoms with Crippen LogP contribution in [0.4, 0.5) is 13.2 Å². The number of halogens is 3. The number of carbonyl (C=O) groups excluding carboxylic acids is 1. The van der Waals surface area contributed by atoms with E-state index >= 15 is 0 Å². The lowest BCUT2D eigenvalue weighted by Gasteiger charge is -2.38. The number of hydrogen-bond donors (Lipinski definition) is 1. The highest BCUT2D eigenvalue weighted by Gasteiger charge is 2.44. The molecule has 8 heteroatoms. The maximum atomic E-state index is 13.1. The number of carboxylic acid groups (broad SMARTS) is 1. The fraction of sp³-hybridized carbons (Fsp3) is 0.385. The van der Waals surface area contributed by atoms with E-state index in [4.69, 9.17) is 9.84 Å². The standard InChI is InChI=1S/C13H12F3NO4/c1-17-9(18)6-21-11(12(19)20)10(17)7-4-2-3-5-8(7)13(14,15)16/h2-5,10-11H,6H2,1H3,(H,19,20). The summed E-state index contributed by atoms with van der Waals surface area (Å²) in [5, 5.41) is 9.12. The lowest BCUT2D eigenvalue weighted by atomic mass is 9.93. The molecule has 114 valence electrons. The van der Waals surface area contributed by atoms with Crippen LogP contribution in [0.25, 0.3) is 0 Å². The number of amides is 1. The Morgan fingerprint density at radius 3 is 2.57 bits per heavy atom. The SMILES string of the molecule is CN1C(=O)COC(C(=O)O)C1c1ccccc1C(F)(F)F. The Bertz CT molecular complexity index is 573. The van der Waals surface area contributed by atoms with E-state index in [1.165, 1.54) is 19.2 Å². The third kappa shape index (κ3) is 2.85. The Kier molecular flexibility index (Phi) is 3.91. The van der Waals surface area contributed by atoms with Crippen molar-refractivity contribution < 1.29 is 32.6 Å². The number of aliphatic carboxylic acids is 1. The number of ether oxygens (including phenoxy) is 1. The highest BCUT2D eigenvalue weighted by molar-refractivity contribution is 5.82. The largest absolute Gasteiger partial charge is 0.479 e. The van der Waals surface area contributed by atoms with Gasteiger partial charge in [0, 0.05) is 7.05 Å². The van der Waals surface area contributed by atoms with Gasteiger partial charge < -0.3 is 14.7 Å². The number of rotatable bonds is 2. The molecule has 1 saturated heterocycles. The lowest BCUT2D eigenvalue weighted by molar-refractivity contribution is -0.172. The van der Waals surface area contributed by atoms with E-state index in [-0.39, 0.29) is 5.56 Å². The summed E-state index contributed by atoms with van der Waals surface area (Å²) in [4.78, 5) is 23.8. The number of alkyl halides is 3. The number of carbonyl (C=O) groups is 2. The van der Waals surface area contributed by atoms with Crippen molar-refractivity contribution in [3.05, 3.63) is 35.4 Å². The molecule has 1 aliphatic rings. The van der Waals surface area contributed by atoms with Crippen molar-refractivity contribution in [2.24, 2.45) is 0 Å². The summed E-state index contributed by atoms with van der Waals surface area (Å²) in [7, 11) is 1.26. The lowest BCUT2D eigenvalue weighted by Crippen LogP contribution is -2.50. The van der Waals surface area contributed by atoms with E-state index in [9.17, 15) is 22.8 Å². The van der Waals surface area contributed by atoms with Gasteiger partial charge in [-0.3, -0.25) is 4.79 Å². The van der Waals surface area contributed by atoms with Crippen LogP contribution in [0.2, 0.25) is 0 Å². The second-order valence-electron chi connectivity index (χ2n) is 4.60. The van der Waals surface area contributed by atoms with Gasteiger partial charge in [-0.15, -0.1) is 0 Å². The number of morpholine rings is 1. The summed E-state index contributed by atoms with van der Waals surface area (Å²) in [6.45, 7) is -0.474. The van der Waals surface area contributed by atoms with E-state index in [0.29, 0.717) is 0 Å². The molecule has 1 heterocycles. The first-order chi connectivity index (χ1) is 9.73. The molecule has 1 aliphatic heterocycles. The normalized spacial score (nSPS) is 23.2. The zero-order chi connectivity index (χ0) is 15.8. The molecule has 1 N–H and O–H groups in total. The van der Waals surface area contributed by atoms with Crippen LogP contribution >= 0.6 is 0 Å². The summed E-state index contributed by atoms with van der Waals surface area (Å²) in [5.74, 6) is -1.99. The molecule has 0 saturated carbocycles. The summed E-state index contributed by atoms with van der Waals surface area (Å²) in [5.41, 5.74) is -1.28. The molecule has 2 unspecified atom stereocenters. The molecular formula is C13H12F3NO4. The van der Waals surface area contributed by atoms with Crippen molar-refractivity contribution in [2.75, 3.05) is 13.7 Å². The van der Waals surface area contributed by atoms with Gasteiger partial charge in [-0.05, 0) is 11.6 Å². The molecule has 0 spiro atoms. The topological polar surface area (TPSA) is 66.8 Å². The van der Waals surface area contributed by atoms with Crippen molar-refractivity contribution in [1.82, 2.24) is 4.90 Å². The van der Waals surface area contributed by atoms with Gasteiger partial charge >= 0.3 is 12.1 Å². The van der Waals surface area contributed by atoms with E-state index < -0.39 is 42.4 Å². The van der Waals surface area contributed by atoms with Crippen molar-refractivity contribution in [1.29, 1.82) is 0 Å². The highest BCUT2D eigenvalue weighted by Crippen LogP contribution is 2.38. The van der Waals surface area contributed by atoms with Crippen molar-refractivity contribution in [2.45, 2.75) is 18.3 Å². The zero-order valence-corrected chi connectivity index (χ0v) is 10.9. The minimum Gasteiger partial charge on any atom is -0.479 e. The third-order valence-corrected chi connectivity index (χ3v) is 3.31. The zero-order valence-electron chi connectivity index (χ0n) is 10.9. The van der Waals surface area contributed by atoms with Gasteiger partial charge in [-0.1, -0.05) is 18.2 Å². The van der Waals surface area contributed by atoms with Gasteiger partial charge in [-0.2, -0.15) is 13.2 Å². The molecule has 5 nitrogen and oxygen atoms in total. The van der Waals surface area contributed by atoms with Crippen LogP contribution in [0.5, 0.6) is 0 Å². The van der Waals surface area contributed by atoms with Gasteiger partial charge in [0.05, 0.1) is 11.6 Å². The van der Waals surface area contributed by atoms with Gasteiger partial charge in [0.1, 0.15) is 6.61 Å². The summed E-state index contributed by atoms with van der Waals surface area (Å²) >= 11 is 0. The van der Waals surface area contributed by atoms with E-state index in [1.807, 2.05) is 0 Å². The average molecular weight is 303 g/mol. The van der Waals surface area contributed by atoms with Gasteiger partial charge in [0.15, 0.2) is 6.10 Å². The van der Waals surface area contributed by atoms with Crippen molar-refractivity contribution >= 4 is 11.9 Å². The molecule has 1 aromatic rings. The maximum absolute atomic E-state index is 13.1. The van der Waals surface area contributed by atoms with Crippen LogP contribution in [0.3, 0.4) is 0 Å². The predicted molar refractivity (Wildman–Crippen MR) is 64.3 cm³/mol. The van der Waals surface area contributed by atoms with Crippen LogP contribution < -0.4 is 0 Å². The molecule has 0 bridgehead atoms. The van der Waals surface area contributed by atoms with Gasteiger partial charge in [0.2, 0.25) is 5.91 Å². The van der Waals surface area contributed by atoms with Crippen LogP contribution in [0, 0.1) is 0 Å². The quantitative estimate of drug-likeness (QED) is 0.903. The van der Waals surface area contributed by atoms with Gasteiger partial charge in [-0.25, -0.2) is 4.79 Å². The van der Waals surface area contributed by atoms with Crippen molar-refractivity contribution in [3.63, 3.8) is 0 Å². The highest BCUT2D eigenvalue weighted by atomic mass is 19.4. The average Bonchev–Trinajstić information content (AvgIpc) is 2.40. The Labute approximate surface area is 117 Å². The van der Waals surface area contributed by atoms with Gasteiger partial charge in [0.25, 0.3) is 0 Å².